The van der Waals surface area contributed by atoms with E-state index in [4.69, 9.17) is 0 Å². The lowest BCUT2D eigenvalue weighted by atomic mass is 9.95. The number of hydrogen-bond acceptors (Lipinski definition) is 2. The minimum absolute atomic E-state index is 0.0471. The highest BCUT2D eigenvalue weighted by Crippen LogP contribution is 2.48. The van der Waals surface area contributed by atoms with E-state index in [1.165, 1.54) is 5.69 Å². The summed E-state index contributed by atoms with van der Waals surface area (Å²) in [5.74, 6) is 0.675. The summed E-state index contributed by atoms with van der Waals surface area (Å²) in [5.41, 5.74) is 5.12. The van der Waals surface area contributed by atoms with Gasteiger partial charge in [-0.2, -0.15) is 0 Å². The molecule has 4 rings (SSSR count). The Bertz CT molecular complexity index is 936. The highest BCUT2D eigenvalue weighted by Gasteiger charge is 2.51. The molecule has 24 heavy (non-hydrogen) atoms. The van der Waals surface area contributed by atoms with Crippen LogP contribution in [0.4, 0.5) is 5.82 Å². The Labute approximate surface area is 141 Å². The number of hydrogen-bond donors (Lipinski definition) is 1. The molecule has 0 aliphatic heterocycles. The summed E-state index contributed by atoms with van der Waals surface area (Å²) in [6.45, 7) is 4.16. The van der Waals surface area contributed by atoms with Crippen LogP contribution >= 0.6 is 0 Å². The largest absolute Gasteiger partial charge is 0.346 e. The summed E-state index contributed by atoms with van der Waals surface area (Å²) in [6, 6.07) is 13.9. The highest BCUT2D eigenvalue weighted by molar-refractivity contribution is 6.01. The number of nitrogens with one attached hydrogen (secondary N) is 1. The number of rotatable bonds is 3. The second-order valence-electron chi connectivity index (χ2n) is 6.74. The van der Waals surface area contributed by atoms with Crippen LogP contribution in [0.2, 0.25) is 0 Å². The first-order chi connectivity index (χ1) is 11.5. The van der Waals surface area contributed by atoms with Gasteiger partial charge < -0.3 is 9.88 Å². The van der Waals surface area contributed by atoms with Crippen molar-refractivity contribution in [3.63, 3.8) is 0 Å². The lowest BCUT2D eigenvalue weighted by molar-refractivity contribution is -0.118. The van der Waals surface area contributed by atoms with Crippen LogP contribution in [0, 0.1) is 13.8 Å². The molecule has 4 heteroatoms. The predicted octanol–water partition coefficient (Wildman–Crippen LogP) is 3.86. The Balaban J connectivity index is 1.65. The van der Waals surface area contributed by atoms with Gasteiger partial charge >= 0.3 is 0 Å². The van der Waals surface area contributed by atoms with Crippen molar-refractivity contribution in [2.24, 2.45) is 7.05 Å². The quantitative estimate of drug-likeness (QED) is 0.797. The zero-order chi connectivity index (χ0) is 16.9. The number of nitrogens with zero attached hydrogens (tertiary/aromatic N) is 2. The molecule has 1 fully saturated rings. The number of carbonyl (C=O) groups is 1. The number of aromatic nitrogens is 2. The number of fused-ring (bicyclic) bond motifs is 1. The van der Waals surface area contributed by atoms with Crippen LogP contribution in [0.1, 0.15) is 29.7 Å². The van der Waals surface area contributed by atoms with Crippen molar-refractivity contribution < 1.29 is 4.79 Å². The van der Waals surface area contributed by atoms with Gasteiger partial charge in [0, 0.05) is 12.7 Å². The number of anilines is 1. The molecule has 2 heterocycles. The Morgan fingerprint density at radius 1 is 1.12 bits per heavy atom. The standard InChI is InChI=1S/C20H21N3O/c1-13-14(2)23(3)16-9-10-17(21-18(13)16)22-19(24)20(11-12-20)15-7-5-4-6-8-15/h4-10H,11-12H2,1-3H3,(H,21,22,24). The molecule has 1 saturated carbocycles. The van der Waals surface area contributed by atoms with Crippen LogP contribution < -0.4 is 5.32 Å². The third-order valence-electron chi connectivity index (χ3n) is 5.39. The molecule has 1 amide bonds. The van der Waals surface area contributed by atoms with Gasteiger partial charge in [-0.05, 0) is 49.9 Å². The second-order valence-corrected chi connectivity index (χ2v) is 6.74. The van der Waals surface area contributed by atoms with E-state index in [-0.39, 0.29) is 11.3 Å². The van der Waals surface area contributed by atoms with Gasteiger partial charge in [0.05, 0.1) is 16.4 Å². The van der Waals surface area contributed by atoms with Crippen molar-refractivity contribution in [1.29, 1.82) is 0 Å². The Morgan fingerprint density at radius 3 is 2.50 bits per heavy atom. The van der Waals surface area contributed by atoms with Crippen molar-refractivity contribution >= 4 is 22.8 Å². The molecular formula is C20H21N3O. The van der Waals surface area contributed by atoms with E-state index in [9.17, 15) is 4.79 Å². The summed E-state index contributed by atoms with van der Waals surface area (Å²) in [4.78, 5) is 17.5. The summed E-state index contributed by atoms with van der Waals surface area (Å²) in [5, 5.41) is 3.03. The van der Waals surface area contributed by atoms with Gasteiger partial charge in [-0.3, -0.25) is 4.79 Å². The molecule has 0 unspecified atom stereocenters. The van der Waals surface area contributed by atoms with Crippen molar-refractivity contribution in [2.45, 2.75) is 32.1 Å². The Hall–Kier alpha value is -2.62. The van der Waals surface area contributed by atoms with Gasteiger partial charge in [-0.1, -0.05) is 30.3 Å². The summed E-state index contributed by atoms with van der Waals surface area (Å²) in [6.07, 6.45) is 1.79. The Morgan fingerprint density at radius 2 is 1.83 bits per heavy atom. The van der Waals surface area contributed by atoms with Crippen LogP contribution in [-0.4, -0.2) is 15.5 Å². The van der Waals surface area contributed by atoms with Gasteiger partial charge in [0.1, 0.15) is 5.82 Å². The third-order valence-corrected chi connectivity index (χ3v) is 5.39. The lowest BCUT2D eigenvalue weighted by Gasteiger charge is -2.15. The fourth-order valence-corrected chi connectivity index (χ4v) is 3.44. The van der Waals surface area contributed by atoms with Gasteiger partial charge in [-0.25, -0.2) is 4.98 Å². The minimum Gasteiger partial charge on any atom is -0.346 e. The normalized spacial score (nSPS) is 15.5. The zero-order valence-electron chi connectivity index (χ0n) is 14.3. The number of amides is 1. The maximum atomic E-state index is 12.8. The summed E-state index contributed by atoms with van der Waals surface area (Å²) < 4.78 is 2.13. The minimum atomic E-state index is -0.375. The van der Waals surface area contributed by atoms with Crippen molar-refractivity contribution in [1.82, 2.24) is 9.55 Å². The molecule has 1 aliphatic rings. The van der Waals surface area contributed by atoms with E-state index in [1.807, 2.05) is 49.5 Å². The number of carbonyl (C=O) groups excluding carboxylic acids is 1. The van der Waals surface area contributed by atoms with E-state index in [0.29, 0.717) is 5.82 Å². The van der Waals surface area contributed by atoms with Crippen LogP contribution in [0.5, 0.6) is 0 Å². The maximum absolute atomic E-state index is 12.8. The SMILES string of the molecule is Cc1c(C)n(C)c2ccc(NC(=O)C3(c4ccccc4)CC3)nc12. The molecule has 0 radical (unpaired) electrons. The van der Waals surface area contributed by atoms with Gasteiger partial charge in [-0.15, -0.1) is 0 Å². The summed E-state index contributed by atoms with van der Waals surface area (Å²) >= 11 is 0. The average Bonchev–Trinajstić information content (AvgIpc) is 3.39. The number of benzene rings is 1. The first-order valence-corrected chi connectivity index (χ1v) is 8.32. The maximum Gasteiger partial charge on any atom is 0.236 e. The number of aryl methyl sites for hydroxylation is 2. The molecule has 0 saturated heterocycles. The molecule has 3 aromatic rings. The van der Waals surface area contributed by atoms with E-state index in [2.05, 4.69) is 28.7 Å². The first-order valence-electron chi connectivity index (χ1n) is 8.32. The van der Waals surface area contributed by atoms with Crippen LogP contribution in [0.15, 0.2) is 42.5 Å². The highest BCUT2D eigenvalue weighted by atomic mass is 16.2. The molecule has 1 aromatic carbocycles. The van der Waals surface area contributed by atoms with Crippen molar-refractivity contribution in [3.8, 4) is 0 Å². The van der Waals surface area contributed by atoms with E-state index in [1.54, 1.807) is 0 Å². The van der Waals surface area contributed by atoms with Crippen molar-refractivity contribution in [3.05, 3.63) is 59.3 Å². The zero-order valence-corrected chi connectivity index (χ0v) is 14.3. The van der Waals surface area contributed by atoms with Gasteiger partial charge in [0.2, 0.25) is 5.91 Å². The lowest BCUT2D eigenvalue weighted by Crippen LogP contribution is -2.28. The van der Waals surface area contributed by atoms with Gasteiger partial charge in [0.15, 0.2) is 0 Å². The van der Waals surface area contributed by atoms with E-state index in [0.717, 1.165) is 35.0 Å². The molecule has 0 bridgehead atoms. The third kappa shape index (κ3) is 2.13. The Kier molecular flexibility index (Phi) is 3.23. The molecular weight excluding hydrogens is 298 g/mol. The first kappa shape index (κ1) is 14.9. The molecule has 0 atom stereocenters. The number of pyridine rings is 1. The second kappa shape index (κ2) is 5.20. The average molecular weight is 319 g/mol. The molecule has 122 valence electrons. The van der Waals surface area contributed by atoms with Crippen LogP contribution in [0.3, 0.4) is 0 Å². The molecule has 4 nitrogen and oxygen atoms in total. The fourth-order valence-electron chi connectivity index (χ4n) is 3.44. The molecule has 2 aromatic heterocycles. The van der Waals surface area contributed by atoms with Crippen LogP contribution in [0.25, 0.3) is 11.0 Å². The smallest absolute Gasteiger partial charge is 0.236 e. The van der Waals surface area contributed by atoms with Crippen molar-refractivity contribution in [2.75, 3.05) is 5.32 Å². The monoisotopic (exact) mass is 319 g/mol. The molecule has 1 N–H and O–H groups in total. The summed E-state index contributed by atoms with van der Waals surface area (Å²) in [7, 11) is 2.04. The molecule has 0 spiro atoms. The fraction of sp³-hybridized carbons (Fsp3) is 0.300. The molecule has 1 aliphatic carbocycles. The predicted molar refractivity (Wildman–Crippen MR) is 96.2 cm³/mol. The van der Waals surface area contributed by atoms with E-state index < -0.39 is 0 Å². The van der Waals surface area contributed by atoms with Crippen LogP contribution in [-0.2, 0) is 17.3 Å². The van der Waals surface area contributed by atoms with E-state index >= 15 is 0 Å². The van der Waals surface area contributed by atoms with Gasteiger partial charge in [0.25, 0.3) is 0 Å². The topological polar surface area (TPSA) is 46.9 Å².